The maximum atomic E-state index is 10.3. The van der Waals surface area contributed by atoms with Gasteiger partial charge in [0.15, 0.2) is 0 Å². The molecule has 26 heavy (non-hydrogen) atoms. The van der Waals surface area contributed by atoms with E-state index in [1.807, 2.05) is 102 Å². The zero-order chi connectivity index (χ0) is 19.5. The van der Waals surface area contributed by atoms with Crippen molar-refractivity contribution in [3.8, 4) is 0 Å². The average Bonchev–Trinajstić information content (AvgIpc) is 2.57. The number of hydroxylamine groups is 2. The fraction of sp³-hybridized carbons (Fsp3) is 0.364. The molecule has 0 aromatic heterocycles. The summed E-state index contributed by atoms with van der Waals surface area (Å²) >= 11 is 0. The highest BCUT2D eigenvalue weighted by Crippen LogP contribution is 2.25. The topological polar surface area (TPSA) is 46.9 Å². The van der Waals surface area contributed by atoms with Gasteiger partial charge in [0.05, 0.1) is 22.5 Å². The summed E-state index contributed by atoms with van der Waals surface area (Å²) < 4.78 is 0. The Morgan fingerprint density at radius 2 is 1.00 bits per heavy atom. The predicted octanol–water partition coefficient (Wildman–Crippen LogP) is 5.85. The van der Waals surface area contributed by atoms with Gasteiger partial charge in [0.25, 0.3) is 0 Å². The van der Waals surface area contributed by atoms with Gasteiger partial charge in [0, 0.05) is 0 Å². The molecule has 0 atom stereocenters. The number of nitrogens with zero attached hydrogens (tertiary/aromatic N) is 2. The van der Waals surface area contributed by atoms with Crippen LogP contribution in [0.25, 0.3) is 12.2 Å². The molecule has 0 aliphatic rings. The SMILES string of the molecule is CC(C)(C)N(O)c1cccc(/C=C/c2cccc(N(O)C(C)(C)C)c2)c1. The second-order valence-electron chi connectivity index (χ2n) is 8.49. The first kappa shape index (κ1) is 20.0. The van der Waals surface area contributed by atoms with E-state index >= 15 is 0 Å². The van der Waals surface area contributed by atoms with Gasteiger partial charge in [-0.2, -0.15) is 0 Å². The zero-order valence-corrected chi connectivity index (χ0v) is 16.6. The predicted molar refractivity (Wildman–Crippen MR) is 110 cm³/mol. The normalized spacial score (nSPS) is 12.5. The molecule has 0 aliphatic heterocycles. The highest BCUT2D eigenvalue weighted by atomic mass is 16.5. The van der Waals surface area contributed by atoms with Gasteiger partial charge in [-0.1, -0.05) is 36.4 Å². The van der Waals surface area contributed by atoms with E-state index in [1.54, 1.807) is 0 Å². The number of anilines is 2. The van der Waals surface area contributed by atoms with Gasteiger partial charge in [0.2, 0.25) is 0 Å². The average molecular weight is 354 g/mol. The Bertz CT molecular complexity index is 705. The summed E-state index contributed by atoms with van der Waals surface area (Å²) in [6, 6.07) is 15.5. The number of hydrogen-bond donors (Lipinski definition) is 2. The number of benzene rings is 2. The molecule has 2 aromatic rings. The Morgan fingerprint density at radius 1 is 0.654 bits per heavy atom. The molecule has 0 amide bonds. The second-order valence-corrected chi connectivity index (χ2v) is 8.49. The van der Waals surface area contributed by atoms with E-state index in [1.165, 1.54) is 10.1 Å². The van der Waals surface area contributed by atoms with E-state index in [9.17, 15) is 10.4 Å². The Hall–Kier alpha value is -2.30. The molecule has 0 heterocycles. The van der Waals surface area contributed by atoms with Crippen LogP contribution >= 0.6 is 0 Å². The Labute approximate surface area is 156 Å². The van der Waals surface area contributed by atoms with Crippen molar-refractivity contribution in [1.29, 1.82) is 0 Å². The lowest BCUT2D eigenvalue weighted by atomic mass is 10.1. The second kappa shape index (κ2) is 7.52. The van der Waals surface area contributed by atoms with E-state index in [0.717, 1.165) is 22.5 Å². The van der Waals surface area contributed by atoms with Gasteiger partial charge in [-0.3, -0.25) is 20.5 Å². The van der Waals surface area contributed by atoms with Crippen LogP contribution in [0.1, 0.15) is 52.7 Å². The lowest BCUT2D eigenvalue weighted by Gasteiger charge is -2.31. The van der Waals surface area contributed by atoms with Crippen molar-refractivity contribution in [2.45, 2.75) is 52.6 Å². The molecule has 0 saturated carbocycles. The molecule has 0 radical (unpaired) electrons. The summed E-state index contributed by atoms with van der Waals surface area (Å²) in [7, 11) is 0. The van der Waals surface area contributed by atoms with Crippen molar-refractivity contribution >= 4 is 23.5 Å². The molecule has 0 bridgehead atoms. The molecule has 2 N–H and O–H groups in total. The molecule has 0 unspecified atom stereocenters. The molecule has 0 spiro atoms. The molecule has 2 rings (SSSR count). The van der Waals surface area contributed by atoms with Gasteiger partial charge in [-0.15, -0.1) is 0 Å². The van der Waals surface area contributed by atoms with Gasteiger partial charge in [-0.25, -0.2) is 0 Å². The quantitative estimate of drug-likeness (QED) is 0.534. The van der Waals surface area contributed by atoms with Crippen LogP contribution in [0.3, 0.4) is 0 Å². The molecular formula is C22H30N2O2. The van der Waals surface area contributed by atoms with Crippen molar-refractivity contribution in [2.24, 2.45) is 0 Å². The van der Waals surface area contributed by atoms with Crippen molar-refractivity contribution in [3.05, 3.63) is 59.7 Å². The van der Waals surface area contributed by atoms with Crippen LogP contribution < -0.4 is 10.1 Å². The summed E-state index contributed by atoms with van der Waals surface area (Å²) in [5.41, 5.74) is 2.76. The van der Waals surface area contributed by atoms with Gasteiger partial charge in [0.1, 0.15) is 0 Å². The fourth-order valence-corrected chi connectivity index (χ4v) is 2.49. The molecule has 0 aliphatic carbocycles. The minimum atomic E-state index is -0.367. The highest BCUT2D eigenvalue weighted by molar-refractivity contribution is 5.73. The monoisotopic (exact) mass is 354 g/mol. The minimum absolute atomic E-state index is 0.367. The van der Waals surface area contributed by atoms with E-state index in [-0.39, 0.29) is 11.1 Å². The third kappa shape index (κ3) is 5.10. The molecule has 140 valence electrons. The number of rotatable bonds is 4. The van der Waals surface area contributed by atoms with Crippen molar-refractivity contribution in [2.75, 3.05) is 10.1 Å². The van der Waals surface area contributed by atoms with Crippen molar-refractivity contribution in [3.63, 3.8) is 0 Å². The molecule has 0 saturated heterocycles. The van der Waals surface area contributed by atoms with Crippen molar-refractivity contribution < 1.29 is 10.4 Å². The summed E-state index contributed by atoms with van der Waals surface area (Å²) in [5, 5.41) is 23.2. The first-order valence-electron chi connectivity index (χ1n) is 8.85. The summed E-state index contributed by atoms with van der Waals surface area (Å²) in [6.07, 6.45) is 4.00. The largest absolute Gasteiger partial charge is 0.288 e. The maximum Gasteiger partial charge on any atom is 0.0646 e. The molecule has 0 fully saturated rings. The Kier molecular flexibility index (Phi) is 5.79. The van der Waals surface area contributed by atoms with Crippen LogP contribution in [0, 0.1) is 0 Å². The van der Waals surface area contributed by atoms with E-state index < -0.39 is 0 Å². The zero-order valence-electron chi connectivity index (χ0n) is 16.6. The smallest absolute Gasteiger partial charge is 0.0646 e. The van der Waals surface area contributed by atoms with Crippen LogP contribution in [0.5, 0.6) is 0 Å². The van der Waals surface area contributed by atoms with Crippen LogP contribution in [-0.2, 0) is 0 Å². The lowest BCUT2D eigenvalue weighted by molar-refractivity contribution is 0.181. The fourth-order valence-electron chi connectivity index (χ4n) is 2.49. The number of hydrogen-bond acceptors (Lipinski definition) is 4. The van der Waals surface area contributed by atoms with Crippen molar-refractivity contribution in [1.82, 2.24) is 0 Å². The first-order chi connectivity index (χ1) is 12.0. The molecule has 4 nitrogen and oxygen atoms in total. The maximum absolute atomic E-state index is 10.3. The summed E-state index contributed by atoms with van der Waals surface area (Å²) in [6.45, 7) is 11.7. The minimum Gasteiger partial charge on any atom is -0.288 e. The molecule has 4 heteroatoms. The first-order valence-corrected chi connectivity index (χ1v) is 8.85. The van der Waals surface area contributed by atoms with Crippen LogP contribution in [0.2, 0.25) is 0 Å². The van der Waals surface area contributed by atoms with Crippen LogP contribution in [-0.4, -0.2) is 21.5 Å². The van der Waals surface area contributed by atoms with E-state index in [2.05, 4.69) is 0 Å². The third-order valence-electron chi connectivity index (χ3n) is 3.97. The van der Waals surface area contributed by atoms with Gasteiger partial charge >= 0.3 is 0 Å². The Morgan fingerprint density at radius 3 is 1.31 bits per heavy atom. The van der Waals surface area contributed by atoms with E-state index in [0.29, 0.717) is 0 Å². The molecule has 2 aromatic carbocycles. The van der Waals surface area contributed by atoms with Gasteiger partial charge < -0.3 is 0 Å². The summed E-state index contributed by atoms with van der Waals surface area (Å²) in [5.74, 6) is 0. The highest BCUT2D eigenvalue weighted by Gasteiger charge is 2.20. The van der Waals surface area contributed by atoms with Gasteiger partial charge in [-0.05, 0) is 76.9 Å². The lowest BCUT2D eigenvalue weighted by Crippen LogP contribution is -2.38. The van der Waals surface area contributed by atoms with Crippen LogP contribution in [0.15, 0.2) is 48.5 Å². The summed E-state index contributed by atoms with van der Waals surface area (Å²) in [4.78, 5) is 0. The standard InChI is InChI=1S/C22H30N2O2/c1-21(2,3)23(25)19-11-7-9-17(15-19)13-14-18-10-8-12-20(16-18)24(26)22(4,5)6/h7-16,25-26H,1-6H3/b14-13+. The van der Waals surface area contributed by atoms with Crippen LogP contribution in [0.4, 0.5) is 11.4 Å². The Balaban J connectivity index is 2.23. The molecular weight excluding hydrogens is 324 g/mol. The van der Waals surface area contributed by atoms with E-state index in [4.69, 9.17) is 0 Å². The third-order valence-corrected chi connectivity index (χ3v) is 3.97.